The van der Waals surface area contributed by atoms with Crippen LogP contribution in [0.2, 0.25) is 0 Å². The Morgan fingerprint density at radius 3 is 2.59 bits per heavy atom. The van der Waals surface area contributed by atoms with Crippen LogP contribution >= 0.6 is 0 Å². The summed E-state index contributed by atoms with van der Waals surface area (Å²) in [6.45, 7) is 3.22. The minimum Gasteiger partial charge on any atom is -0.382 e. The number of fused-ring (bicyclic) bond motifs is 1. The lowest BCUT2D eigenvalue weighted by Crippen LogP contribution is -2.29. The summed E-state index contributed by atoms with van der Waals surface area (Å²) in [6.07, 6.45) is -1.94. The van der Waals surface area contributed by atoms with E-state index in [0.717, 1.165) is 10.6 Å². The second-order valence-corrected chi connectivity index (χ2v) is 7.38. The van der Waals surface area contributed by atoms with Gasteiger partial charge in [0.25, 0.3) is 5.56 Å². The van der Waals surface area contributed by atoms with Gasteiger partial charge in [-0.15, -0.1) is 0 Å². The number of hydrogen-bond acceptors (Lipinski definition) is 8. The number of pyridine rings is 1. The second-order valence-electron chi connectivity index (χ2n) is 7.38. The molecule has 4 rings (SSSR count). The van der Waals surface area contributed by atoms with Gasteiger partial charge < -0.3 is 11.1 Å². The number of nitriles is 1. The Bertz CT molecular complexity index is 1490. The van der Waals surface area contributed by atoms with Crippen molar-refractivity contribution in [3.63, 3.8) is 0 Å². The van der Waals surface area contributed by atoms with Gasteiger partial charge in [0.1, 0.15) is 29.1 Å². The summed E-state index contributed by atoms with van der Waals surface area (Å²) < 4.78 is 42.1. The smallest absolute Gasteiger partial charge is 0.382 e. The fourth-order valence-electron chi connectivity index (χ4n) is 3.59. The average molecular weight is 466 g/mol. The van der Waals surface area contributed by atoms with Gasteiger partial charge >= 0.3 is 6.18 Å². The van der Waals surface area contributed by atoms with E-state index in [1.165, 1.54) is 30.6 Å². The molecule has 0 fully saturated rings. The maximum absolute atomic E-state index is 13.7. The molecule has 0 radical (unpaired) electrons. The lowest BCUT2D eigenvalue weighted by atomic mass is 10.1. The molecule has 0 unspecified atom stereocenters. The Kier molecular flexibility index (Phi) is 5.62. The van der Waals surface area contributed by atoms with Crippen molar-refractivity contribution < 1.29 is 13.2 Å². The van der Waals surface area contributed by atoms with E-state index in [2.05, 4.69) is 25.3 Å². The summed E-state index contributed by atoms with van der Waals surface area (Å²) in [6, 6.07) is 7.58. The molecule has 1 atom stereocenters. The standard InChI is InChI=1S/C22H17F3N8O/c1-11(29-19-14(9-26)18(27)30-12(2)31-19)20-32-16-7-3-6-15(22(23,24)25)17(16)21(34)33(20)13-5-4-8-28-10-13/h3-8,10-11H,1-2H3,(H3,27,29,30,31)/t11-/m0/s1. The van der Waals surface area contributed by atoms with Gasteiger partial charge in [-0.2, -0.15) is 18.4 Å². The zero-order valence-electron chi connectivity index (χ0n) is 17.9. The highest BCUT2D eigenvalue weighted by atomic mass is 19.4. The molecule has 3 heterocycles. The van der Waals surface area contributed by atoms with Crippen molar-refractivity contribution in [2.24, 2.45) is 0 Å². The predicted molar refractivity (Wildman–Crippen MR) is 118 cm³/mol. The van der Waals surface area contributed by atoms with Gasteiger partial charge in [-0.3, -0.25) is 14.3 Å². The third-order valence-electron chi connectivity index (χ3n) is 5.03. The van der Waals surface area contributed by atoms with Crippen molar-refractivity contribution in [1.82, 2.24) is 24.5 Å². The van der Waals surface area contributed by atoms with Gasteiger partial charge in [0.15, 0.2) is 5.82 Å². The fourth-order valence-corrected chi connectivity index (χ4v) is 3.59. The highest BCUT2D eigenvalue weighted by molar-refractivity contribution is 5.82. The van der Waals surface area contributed by atoms with Crippen molar-refractivity contribution >= 4 is 22.5 Å². The number of rotatable bonds is 4. The first kappa shape index (κ1) is 22.7. The van der Waals surface area contributed by atoms with Crippen molar-refractivity contribution in [3.05, 3.63) is 75.9 Å². The quantitative estimate of drug-likeness (QED) is 0.466. The van der Waals surface area contributed by atoms with E-state index in [9.17, 15) is 23.2 Å². The third kappa shape index (κ3) is 3.99. The maximum Gasteiger partial charge on any atom is 0.417 e. The summed E-state index contributed by atoms with van der Waals surface area (Å²) in [5.41, 5.74) is 3.93. The van der Waals surface area contributed by atoms with Gasteiger partial charge in [0.05, 0.1) is 34.4 Å². The maximum atomic E-state index is 13.7. The number of nitrogens with two attached hydrogens (primary N) is 1. The normalized spacial score (nSPS) is 12.4. The average Bonchev–Trinajstić information content (AvgIpc) is 2.78. The van der Waals surface area contributed by atoms with E-state index in [4.69, 9.17) is 5.73 Å². The minimum atomic E-state index is -4.75. The summed E-state index contributed by atoms with van der Waals surface area (Å²) in [4.78, 5) is 30.0. The first-order chi connectivity index (χ1) is 16.1. The highest BCUT2D eigenvalue weighted by Gasteiger charge is 2.35. The van der Waals surface area contributed by atoms with E-state index in [1.54, 1.807) is 19.9 Å². The SMILES string of the molecule is Cc1nc(N)c(C#N)c(N[C@@H](C)c2nc3cccc(C(F)(F)F)c3c(=O)n2-c2cccnc2)n1. The number of nitrogens with zero attached hydrogens (tertiary/aromatic N) is 6. The molecule has 0 saturated heterocycles. The van der Waals surface area contributed by atoms with Gasteiger partial charge in [0, 0.05) is 6.20 Å². The first-order valence-electron chi connectivity index (χ1n) is 9.95. The van der Waals surface area contributed by atoms with Crippen molar-refractivity contribution in [3.8, 4) is 11.8 Å². The van der Waals surface area contributed by atoms with Crippen LogP contribution in [-0.2, 0) is 6.18 Å². The molecule has 1 aromatic carbocycles. The topological polar surface area (TPSA) is 135 Å². The molecule has 12 heteroatoms. The molecule has 9 nitrogen and oxygen atoms in total. The summed E-state index contributed by atoms with van der Waals surface area (Å²) in [7, 11) is 0. The van der Waals surface area contributed by atoms with Gasteiger partial charge in [-0.05, 0) is 38.1 Å². The first-order valence-corrected chi connectivity index (χ1v) is 9.95. The number of aromatic nitrogens is 5. The van der Waals surface area contributed by atoms with Crippen molar-refractivity contribution in [1.29, 1.82) is 5.26 Å². The van der Waals surface area contributed by atoms with Crippen LogP contribution in [0.5, 0.6) is 0 Å². The molecule has 3 N–H and O–H groups in total. The van der Waals surface area contributed by atoms with E-state index in [0.29, 0.717) is 5.82 Å². The molecule has 34 heavy (non-hydrogen) atoms. The highest BCUT2D eigenvalue weighted by Crippen LogP contribution is 2.33. The number of halogens is 3. The Balaban J connectivity index is 1.98. The molecule has 0 amide bonds. The van der Waals surface area contributed by atoms with Crippen molar-refractivity contribution in [2.45, 2.75) is 26.1 Å². The van der Waals surface area contributed by atoms with Crippen LogP contribution in [0.25, 0.3) is 16.6 Å². The van der Waals surface area contributed by atoms with Crippen LogP contribution in [0.15, 0.2) is 47.5 Å². The largest absolute Gasteiger partial charge is 0.417 e. The summed E-state index contributed by atoms with van der Waals surface area (Å²) >= 11 is 0. The number of nitrogen functional groups attached to an aromatic ring is 1. The number of alkyl halides is 3. The minimum absolute atomic E-state index is 0.00660. The van der Waals surface area contributed by atoms with E-state index >= 15 is 0 Å². The molecule has 0 aliphatic carbocycles. The molecule has 4 aromatic rings. The predicted octanol–water partition coefficient (Wildman–Crippen LogP) is 3.52. The summed E-state index contributed by atoms with van der Waals surface area (Å²) in [5, 5.41) is 11.9. The van der Waals surface area contributed by atoms with E-state index in [-0.39, 0.29) is 34.2 Å². The summed E-state index contributed by atoms with van der Waals surface area (Å²) in [5.74, 6) is 0.465. The van der Waals surface area contributed by atoms with Crippen molar-refractivity contribution in [2.75, 3.05) is 11.1 Å². The van der Waals surface area contributed by atoms with E-state index in [1.807, 2.05) is 6.07 Å². The van der Waals surface area contributed by atoms with E-state index < -0.39 is 28.7 Å². The third-order valence-corrected chi connectivity index (χ3v) is 5.03. The van der Waals surface area contributed by atoms with Gasteiger partial charge in [-0.25, -0.2) is 15.0 Å². The molecular formula is C22H17F3N8O. The zero-order chi connectivity index (χ0) is 24.6. The molecule has 0 aliphatic heterocycles. The Morgan fingerprint density at radius 2 is 1.94 bits per heavy atom. The number of benzene rings is 1. The Labute approximate surface area is 190 Å². The fraction of sp³-hybridized carbons (Fsp3) is 0.182. The molecule has 3 aromatic heterocycles. The number of nitrogens with one attached hydrogen (secondary N) is 1. The Morgan fingerprint density at radius 1 is 1.18 bits per heavy atom. The van der Waals surface area contributed by atoms with Crippen LogP contribution in [-0.4, -0.2) is 24.5 Å². The van der Waals surface area contributed by atoms with Gasteiger partial charge in [-0.1, -0.05) is 6.07 Å². The van der Waals surface area contributed by atoms with Crippen LogP contribution in [0.1, 0.15) is 35.7 Å². The molecule has 0 spiro atoms. The Hall–Kier alpha value is -4.53. The molecule has 172 valence electrons. The molecule has 0 aliphatic rings. The lowest BCUT2D eigenvalue weighted by Gasteiger charge is -2.21. The molecule has 0 saturated carbocycles. The number of hydrogen-bond donors (Lipinski definition) is 2. The van der Waals surface area contributed by atoms with Crippen LogP contribution in [0.3, 0.4) is 0 Å². The molecule has 0 bridgehead atoms. The number of anilines is 2. The van der Waals surface area contributed by atoms with Crippen LogP contribution in [0.4, 0.5) is 24.8 Å². The zero-order valence-corrected chi connectivity index (χ0v) is 17.9. The van der Waals surface area contributed by atoms with Crippen LogP contribution < -0.4 is 16.6 Å². The second kappa shape index (κ2) is 8.43. The number of aryl methyl sites for hydroxylation is 1. The lowest BCUT2D eigenvalue weighted by molar-refractivity contribution is -0.136. The monoisotopic (exact) mass is 466 g/mol. The van der Waals surface area contributed by atoms with Crippen LogP contribution in [0, 0.1) is 18.3 Å². The van der Waals surface area contributed by atoms with Gasteiger partial charge in [0.2, 0.25) is 0 Å². The molecular weight excluding hydrogens is 449 g/mol.